The minimum absolute atomic E-state index is 0.0313. The second-order valence-corrected chi connectivity index (χ2v) is 11.0. The van der Waals surface area contributed by atoms with Crippen molar-refractivity contribution in [2.45, 2.75) is 23.1 Å². The van der Waals surface area contributed by atoms with Crippen LogP contribution in [0.3, 0.4) is 0 Å². The number of nitrogens with one attached hydrogen (secondary N) is 1. The van der Waals surface area contributed by atoms with Gasteiger partial charge in [0.1, 0.15) is 0 Å². The standard InChI is InChI=1S/C23H26NO2S2/c1-18-14-16-21(17-15-18)28(25,26)24-22(19-10-6-4-7-11-19)23(27(2)3)20-12-8-5-9-13-20/h4-17,22-24H,1-3H3/q+1/t22-,23+/m1/s1. The lowest BCUT2D eigenvalue weighted by atomic mass is 9.99. The Bertz CT molecular complexity index is 986. The van der Waals surface area contributed by atoms with Gasteiger partial charge in [0.25, 0.3) is 0 Å². The third-order valence-electron chi connectivity index (χ3n) is 4.71. The van der Waals surface area contributed by atoms with Crippen LogP contribution in [0.5, 0.6) is 0 Å². The molecule has 1 N–H and O–H groups in total. The van der Waals surface area contributed by atoms with Crippen LogP contribution in [-0.4, -0.2) is 20.9 Å². The maximum Gasteiger partial charge on any atom is 0.241 e. The van der Waals surface area contributed by atoms with Crippen LogP contribution in [0.2, 0.25) is 0 Å². The average molecular weight is 413 g/mol. The number of hydrogen-bond donors (Lipinski definition) is 1. The molecule has 28 heavy (non-hydrogen) atoms. The molecule has 0 amide bonds. The summed E-state index contributed by atoms with van der Waals surface area (Å²) in [7, 11) is -3.71. The molecule has 0 aromatic heterocycles. The van der Waals surface area contributed by atoms with Gasteiger partial charge in [0, 0.05) is 5.56 Å². The van der Waals surface area contributed by atoms with Crippen LogP contribution in [-0.2, 0) is 20.9 Å². The summed E-state index contributed by atoms with van der Waals surface area (Å²) in [5, 5.41) is 0.0313. The quantitative estimate of drug-likeness (QED) is 0.575. The maximum atomic E-state index is 13.2. The molecule has 5 heteroatoms. The predicted octanol–water partition coefficient (Wildman–Crippen LogP) is 4.63. The van der Waals surface area contributed by atoms with E-state index in [0.717, 1.165) is 16.7 Å². The summed E-state index contributed by atoms with van der Waals surface area (Å²) in [6.07, 6.45) is 4.32. The van der Waals surface area contributed by atoms with E-state index < -0.39 is 10.0 Å². The second-order valence-electron chi connectivity index (χ2n) is 7.03. The lowest BCUT2D eigenvalue weighted by Crippen LogP contribution is -2.35. The molecular formula is C23H26NO2S2+. The normalized spacial score (nSPS) is 14.0. The molecule has 0 unspecified atom stereocenters. The van der Waals surface area contributed by atoms with Crippen molar-refractivity contribution in [1.82, 2.24) is 4.72 Å². The molecule has 0 saturated carbocycles. The highest BCUT2D eigenvalue weighted by Crippen LogP contribution is 2.36. The highest BCUT2D eigenvalue weighted by atomic mass is 32.2. The molecule has 0 aliphatic heterocycles. The van der Waals surface area contributed by atoms with Crippen molar-refractivity contribution in [2.75, 3.05) is 12.5 Å². The van der Waals surface area contributed by atoms with Gasteiger partial charge in [-0.1, -0.05) is 78.4 Å². The van der Waals surface area contributed by atoms with E-state index in [9.17, 15) is 8.42 Å². The number of sulfonamides is 1. The highest BCUT2D eigenvalue weighted by molar-refractivity contribution is 7.95. The Morgan fingerprint density at radius 3 is 1.75 bits per heavy atom. The smallest absolute Gasteiger partial charge is 0.207 e. The van der Waals surface area contributed by atoms with E-state index in [0.29, 0.717) is 0 Å². The van der Waals surface area contributed by atoms with Gasteiger partial charge in [-0.05, 0) is 35.5 Å². The number of aryl methyl sites for hydroxylation is 1. The monoisotopic (exact) mass is 412 g/mol. The fraction of sp³-hybridized carbons (Fsp3) is 0.217. The summed E-state index contributed by atoms with van der Waals surface area (Å²) < 4.78 is 29.4. The molecule has 2 atom stereocenters. The van der Waals surface area contributed by atoms with Crippen LogP contribution >= 0.6 is 0 Å². The van der Waals surface area contributed by atoms with E-state index in [1.807, 2.05) is 67.6 Å². The fourth-order valence-electron chi connectivity index (χ4n) is 3.30. The lowest BCUT2D eigenvalue weighted by molar-refractivity contribution is 0.551. The molecule has 0 heterocycles. The van der Waals surface area contributed by atoms with Crippen LogP contribution in [0.1, 0.15) is 28.0 Å². The number of hydrogen-bond acceptors (Lipinski definition) is 2. The van der Waals surface area contributed by atoms with Gasteiger partial charge in [-0.2, -0.15) is 4.72 Å². The molecule has 146 valence electrons. The zero-order chi connectivity index (χ0) is 20.1. The first kappa shape index (κ1) is 20.6. The van der Waals surface area contributed by atoms with Gasteiger partial charge in [0.15, 0.2) is 5.25 Å². The Labute approximate surface area is 171 Å². The van der Waals surface area contributed by atoms with E-state index in [-0.39, 0.29) is 27.1 Å². The van der Waals surface area contributed by atoms with Gasteiger partial charge < -0.3 is 0 Å². The minimum Gasteiger partial charge on any atom is -0.207 e. The SMILES string of the molecule is Cc1ccc(S(=O)(=O)N[C@H](c2ccccc2)[C@H](c2ccccc2)[S+](C)C)cc1. The first-order chi connectivity index (χ1) is 13.4. The molecule has 0 fully saturated rings. The van der Waals surface area contributed by atoms with Crippen molar-refractivity contribution in [3.05, 3.63) is 102 Å². The van der Waals surface area contributed by atoms with Gasteiger partial charge in [-0.25, -0.2) is 8.42 Å². The van der Waals surface area contributed by atoms with Crippen molar-refractivity contribution in [1.29, 1.82) is 0 Å². The van der Waals surface area contributed by atoms with E-state index >= 15 is 0 Å². The predicted molar refractivity (Wildman–Crippen MR) is 119 cm³/mol. The Balaban J connectivity index is 2.06. The van der Waals surface area contributed by atoms with Crippen molar-refractivity contribution in [3.8, 4) is 0 Å². The first-order valence-corrected chi connectivity index (χ1v) is 12.7. The van der Waals surface area contributed by atoms with Gasteiger partial charge in [0.2, 0.25) is 10.0 Å². The molecule has 3 nitrogen and oxygen atoms in total. The summed E-state index contributed by atoms with van der Waals surface area (Å²) in [5.41, 5.74) is 3.13. The van der Waals surface area contributed by atoms with Crippen molar-refractivity contribution >= 4 is 20.9 Å². The molecule has 0 aliphatic rings. The summed E-state index contributed by atoms with van der Waals surface area (Å²) in [4.78, 5) is 0.290. The summed E-state index contributed by atoms with van der Waals surface area (Å²) in [6, 6.07) is 26.6. The zero-order valence-electron chi connectivity index (χ0n) is 16.4. The first-order valence-electron chi connectivity index (χ1n) is 9.14. The molecule has 0 saturated heterocycles. The average Bonchev–Trinajstić information content (AvgIpc) is 2.69. The Morgan fingerprint density at radius 2 is 1.25 bits per heavy atom. The second kappa shape index (κ2) is 8.95. The Morgan fingerprint density at radius 1 is 0.750 bits per heavy atom. The molecule has 0 bridgehead atoms. The zero-order valence-corrected chi connectivity index (χ0v) is 18.0. The molecule has 0 spiro atoms. The van der Waals surface area contributed by atoms with Crippen LogP contribution in [0.15, 0.2) is 89.8 Å². The van der Waals surface area contributed by atoms with Crippen molar-refractivity contribution in [3.63, 3.8) is 0 Å². The lowest BCUT2D eigenvalue weighted by Gasteiger charge is -2.26. The van der Waals surface area contributed by atoms with Gasteiger partial charge in [0.05, 0.1) is 23.4 Å². The Kier molecular flexibility index (Phi) is 6.60. The molecule has 0 radical (unpaired) electrons. The molecule has 3 rings (SSSR count). The van der Waals surface area contributed by atoms with E-state index in [2.05, 4.69) is 29.4 Å². The molecule has 3 aromatic carbocycles. The summed E-state index contributed by atoms with van der Waals surface area (Å²) >= 11 is 0. The van der Waals surface area contributed by atoms with Gasteiger partial charge in [-0.3, -0.25) is 0 Å². The van der Waals surface area contributed by atoms with Crippen LogP contribution in [0.4, 0.5) is 0 Å². The van der Waals surface area contributed by atoms with E-state index in [1.165, 1.54) is 0 Å². The number of rotatable bonds is 7. The number of benzene rings is 3. The Hall–Kier alpha value is -2.08. The fourth-order valence-corrected chi connectivity index (χ4v) is 6.09. The minimum atomic E-state index is -3.66. The van der Waals surface area contributed by atoms with Crippen LogP contribution in [0.25, 0.3) is 0 Å². The maximum absolute atomic E-state index is 13.2. The van der Waals surface area contributed by atoms with Crippen molar-refractivity contribution < 1.29 is 8.42 Å². The van der Waals surface area contributed by atoms with Crippen LogP contribution < -0.4 is 4.72 Å². The van der Waals surface area contributed by atoms with Gasteiger partial charge >= 0.3 is 0 Å². The molecular weight excluding hydrogens is 386 g/mol. The summed E-state index contributed by atoms with van der Waals surface area (Å²) in [6.45, 7) is 1.95. The largest absolute Gasteiger partial charge is 0.241 e. The van der Waals surface area contributed by atoms with Crippen molar-refractivity contribution in [2.24, 2.45) is 0 Å². The molecule has 0 aliphatic carbocycles. The molecule has 3 aromatic rings. The topological polar surface area (TPSA) is 46.2 Å². The third-order valence-corrected chi connectivity index (χ3v) is 7.73. The van der Waals surface area contributed by atoms with Crippen LogP contribution in [0, 0.1) is 6.92 Å². The van der Waals surface area contributed by atoms with E-state index in [4.69, 9.17) is 0 Å². The van der Waals surface area contributed by atoms with Gasteiger partial charge in [-0.15, -0.1) is 0 Å². The third kappa shape index (κ3) is 4.85. The van der Waals surface area contributed by atoms with E-state index in [1.54, 1.807) is 12.1 Å². The summed E-state index contributed by atoms with van der Waals surface area (Å²) in [5.74, 6) is 0. The highest BCUT2D eigenvalue weighted by Gasteiger charge is 2.37.